The molecule has 1 aliphatic heterocycles. The third-order valence-electron chi connectivity index (χ3n) is 2.74. The molecule has 15 heavy (non-hydrogen) atoms. The Balaban J connectivity index is 2.21. The van der Waals surface area contributed by atoms with E-state index in [-0.39, 0.29) is 12.1 Å². The van der Waals surface area contributed by atoms with Gasteiger partial charge in [0.15, 0.2) is 0 Å². The van der Waals surface area contributed by atoms with Crippen molar-refractivity contribution in [1.82, 2.24) is 9.80 Å². The number of likely N-dealkylation sites (N-methyl/N-ethyl adjacent to an activating group) is 2. The summed E-state index contributed by atoms with van der Waals surface area (Å²) in [4.78, 5) is 16.7. The lowest BCUT2D eigenvalue weighted by atomic mass is 10.2. The van der Waals surface area contributed by atoms with Crippen molar-refractivity contribution in [2.24, 2.45) is 0 Å². The van der Waals surface area contributed by atoms with Gasteiger partial charge in [0.2, 0.25) is 0 Å². The van der Waals surface area contributed by atoms with E-state index in [9.17, 15) is 4.79 Å². The molecule has 0 spiro atoms. The molecule has 2 amide bonds. The molecule has 2 rings (SSSR count). The Bertz CT molecular complexity index is 379. The summed E-state index contributed by atoms with van der Waals surface area (Å²) < 4.78 is 1.12. The second-order valence-corrected chi connectivity index (χ2v) is 6.08. The van der Waals surface area contributed by atoms with Crippen molar-refractivity contribution in [3.63, 3.8) is 0 Å². The number of carbonyl (C=O) groups excluding carboxylic acids is 1. The predicted molar refractivity (Wildman–Crippen MR) is 65.2 cm³/mol. The molecule has 0 bridgehead atoms. The predicted octanol–water partition coefficient (Wildman–Crippen LogP) is 2.94. The number of hydrogen-bond acceptors (Lipinski definition) is 2. The third kappa shape index (κ3) is 1.90. The smallest absolute Gasteiger partial charge is 0.320 e. The van der Waals surface area contributed by atoms with Crippen molar-refractivity contribution < 1.29 is 4.79 Å². The topological polar surface area (TPSA) is 23.6 Å². The van der Waals surface area contributed by atoms with Gasteiger partial charge in [-0.25, -0.2) is 4.79 Å². The Hall–Kier alpha value is -0.550. The van der Waals surface area contributed by atoms with E-state index in [0.717, 1.165) is 16.9 Å². The molecule has 0 saturated carbocycles. The Labute approximate surface area is 102 Å². The Morgan fingerprint density at radius 3 is 2.80 bits per heavy atom. The maximum atomic E-state index is 11.8. The van der Waals surface area contributed by atoms with E-state index >= 15 is 0 Å². The molecule has 0 aromatic carbocycles. The van der Waals surface area contributed by atoms with Gasteiger partial charge in [-0.2, -0.15) is 0 Å². The Morgan fingerprint density at radius 2 is 2.33 bits per heavy atom. The molecule has 1 unspecified atom stereocenters. The molecular weight excluding hydrogens is 276 g/mol. The largest absolute Gasteiger partial charge is 0.322 e. The molecule has 1 aromatic heterocycles. The van der Waals surface area contributed by atoms with Gasteiger partial charge in [0.25, 0.3) is 0 Å². The van der Waals surface area contributed by atoms with Crippen LogP contribution in [0.15, 0.2) is 15.9 Å². The van der Waals surface area contributed by atoms with Gasteiger partial charge < -0.3 is 9.80 Å². The minimum Gasteiger partial charge on any atom is -0.322 e. The van der Waals surface area contributed by atoms with Crippen LogP contribution >= 0.6 is 27.3 Å². The Morgan fingerprint density at radius 1 is 1.60 bits per heavy atom. The van der Waals surface area contributed by atoms with Crippen molar-refractivity contribution in [1.29, 1.82) is 0 Å². The molecule has 5 heteroatoms. The summed E-state index contributed by atoms with van der Waals surface area (Å²) in [5.74, 6) is 0. The lowest BCUT2D eigenvalue weighted by molar-refractivity contribution is 0.197. The highest BCUT2D eigenvalue weighted by Gasteiger charge is 2.35. The third-order valence-corrected chi connectivity index (χ3v) is 4.46. The number of urea groups is 1. The van der Waals surface area contributed by atoms with Crippen molar-refractivity contribution in [2.75, 3.05) is 20.1 Å². The molecule has 1 aromatic rings. The molecule has 0 radical (unpaired) electrons. The summed E-state index contributed by atoms with van der Waals surface area (Å²) in [7, 11) is 1.87. The number of thiophene rings is 1. The highest BCUT2D eigenvalue weighted by molar-refractivity contribution is 9.11. The van der Waals surface area contributed by atoms with Crippen LogP contribution in [0.1, 0.15) is 17.8 Å². The van der Waals surface area contributed by atoms with Crippen molar-refractivity contribution in [3.05, 3.63) is 20.8 Å². The number of hydrogen-bond donors (Lipinski definition) is 0. The zero-order chi connectivity index (χ0) is 11.0. The lowest BCUT2D eigenvalue weighted by Crippen LogP contribution is -2.29. The summed E-state index contributed by atoms with van der Waals surface area (Å²) in [6.07, 6.45) is 0. The summed E-state index contributed by atoms with van der Waals surface area (Å²) in [5.41, 5.74) is 0. The van der Waals surface area contributed by atoms with Gasteiger partial charge in [0.1, 0.15) is 0 Å². The van der Waals surface area contributed by atoms with Crippen LogP contribution in [-0.4, -0.2) is 36.0 Å². The van der Waals surface area contributed by atoms with E-state index < -0.39 is 0 Å². The highest BCUT2D eigenvalue weighted by atomic mass is 79.9. The van der Waals surface area contributed by atoms with Crippen LogP contribution in [-0.2, 0) is 0 Å². The molecule has 1 aliphatic rings. The molecule has 1 atom stereocenters. The normalized spacial score (nSPS) is 21.5. The van der Waals surface area contributed by atoms with Crippen LogP contribution in [0.25, 0.3) is 0 Å². The van der Waals surface area contributed by atoms with E-state index in [0.29, 0.717) is 0 Å². The number of rotatable bonds is 2. The first kappa shape index (κ1) is 11.0. The highest BCUT2D eigenvalue weighted by Crippen LogP contribution is 2.34. The SMILES string of the molecule is CCN1CC(c2ccc(Br)s2)N(C)C1=O. The average molecular weight is 289 g/mol. The number of nitrogens with zero attached hydrogens (tertiary/aromatic N) is 2. The minimum absolute atomic E-state index is 0.132. The monoisotopic (exact) mass is 288 g/mol. The average Bonchev–Trinajstić information content (AvgIpc) is 2.74. The van der Waals surface area contributed by atoms with Gasteiger partial charge in [-0.3, -0.25) is 0 Å². The first-order valence-corrected chi connectivity index (χ1v) is 6.51. The van der Waals surface area contributed by atoms with Crippen LogP contribution in [0.2, 0.25) is 0 Å². The molecule has 0 aliphatic carbocycles. The maximum absolute atomic E-state index is 11.8. The fourth-order valence-electron chi connectivity index (χ4n) is 1.82. The van der Waals surface area contributed by atoms with Crippen LogP contribution in [0.4, 0.5) is 4.79 Å². The van der Waals surface area contributed by atoms with Gasteiger partial charge in [-0.05, 0) is 35.0 Å². The zero-order valence-corrected chi connectivity index (χ0v) is 11.1. The van der Waals surface area contributed by atoms with E-state index in [1.165, 1.54) is 4.88 Å². The second kappa shape index (κ2) is 4.14. The summed E-state index contributed by atoms with van der Waals surface area (Å²) in [5, 5.41) is 0. The van der Waals surface area contributed by atoms with E-state index in [1.807, 2.05) is 29.8 Å². The first-order valence-electron chi connectivity index (χ1n) is 4.90. The van der Waals surface area contributed by atoms with Crippen molar-refractivity contribution >= 4 is 33.3 Å². The van der Waals surface area contributed by atoms with Crippen molar-refractivity contribution in [3.8, 4) is 0 Å². The summed E-state index contributed by atoms with van der Waals surface area (Å²) in [6, 6.07) is 4.47. The van der Waals surface area contributed by atoms with Crippen LogP contribution in [0, 0.1) is 0 Å². The molecule has 0 N–H and O–H groups in total. The van der Waals surface area contributed by atoms with Gasteiger partial charge in [-0.15, -0.1) is 11.3 Å². The Kier molecular flexibility index (Phi) is 3.02. The first-order chi connectivity index (χ1) is 7.13. The van der Waals surface area contributed by atoms with Gasteiger partial charge >= 0.3 is 6.03 Å². The van der Waals surface area contributed by atoms with E-state index in [4.69, 9.17) is 0 Å². The molecule has 1 fully saturated rings. The maximum Gasteiger partial charge on any atom is 0.320 e. The number of amides is 2. The molecule has 2 heterocycles. The number of halogens is 1. The van der Waals surface area contributed by atoms with Crippen LogP contribution < -0.4 is 0 Å². The molecule has 82 valence electrons. The van der Waals surface area contributed by atoms with E-state index in [2.05, 4.69) is 22.0 Å². The van der Waals surface area contributed by atoms with Gasteiger partial charge in [0, 0.05) is 25.0 Å². The summed E-state index contributed by atoms with van der Waals surface area (Å²) >= 11 is 5.15. The second-order valence-electron chi connectivity index (χ2n) is 3.59. The number of carbonyl (C=O) groups is 1. The standard InChI is InChI=1S/C10H13BrN2OS/c1-3-13-6-7(12(2)10(13)14)8-4-5-9(11)15-8/h4-5,7H,3,6H2,1-2H3. The molecule has 3 nitrogen and oxygen atoms in total. The van der Waals surface area contributed by atoms with Gasteiger partial charge in [-0.1, -0.05) is 0 Å². The summed E-state index contributed by atoms with van der Waals surface area (Å²) in [6.45, 7) is 3.60. The fraction of sp³-hybridized carbons (Fsp3) is 0.500. The fourth-order valence-corrected chi connectivity index (χ4v) is 3.38. The van der Waals surface area contributed by atoms with E-state index in [1.54, 1.807) is 11.3 Å². The van der Waals surface area contributed by atoms with Crippen molar-refractivity contribution in [2.45, 2.75) is 13.0 Å². The zero-order valence-electron chi connectivity index (χ0n) is 8.74. The lowest BCUT2D eigenvalue weighted by Gasteiger charge is -2.15. The van der Waals surface area contributed by atoms with Crippen LogP contribution in [0.5, 0.6) is 0 Å². The molecular formula is C10H13BrN2OS. The quantitative estimate of drug-likeness (QED) is 0.821. The minimum atomic E-state index is 0.132. The van der Waals surface area contributed by atoms with Gasteiger partial charge in [0.05, 0.1) is 9.83 Å². The molecule has 1 saturated heterocycles. The van der Waals surface area contributed by atoms with Crippen LogP contribution in [0.3, 0.4) is 0 Å².